The summed E-state index contributed by atoms with van der Waals surface area (Å²) >= 11 is 0. The van der Waals surface area contributed by atoms with Gasteiger partial charge in [-0.05, 0) is 19.1 Å². The van der Waals surface area contributed by atoms with Crippen LogP contribution in [0.2, 0.25) is 6.82 Å². The van der Waals surface area contributed by atoms with Gasteiger partial charge in [-0.1, -0.05) is 25.0 Å². The van der Waals surface area contributed by atoms with Crippen LogP contribution in [0.3, 0.4) is 0 Å². The van der Waals surface area contributed by atoms with Crippen LogP contribution in [0.5, 0.6) is 0 Å². The van der Waals surface area contributed by atoms with Crippen molar-refractivity contribution in [3.63, 3.8) is 0 Å². The van der Waals surface area contributed by atoms with Crippen molar-refractivity contribution in [2.75, 3.05) is 0 Å². The number of hydrogen-bond donors (Lipinski definition) is 1. The van der Waals surface area contributed by atoms with Crippen LogP contribution < -0.4 is 0 Å². The zero-order valence-corrected chi connectivity index (χ0v) is 6.59. The van der Waals surface area contributed by atoms with Crippen molar-refractivity contribution in [1.82, 2.24) is 0 Å². The van der Waals surface area contributed by atoms with Gasteiger partial charge in [0.25, 0.3) is 0 Å². The van der Waals surface area contributed by atoms with Gasteiger partial charge in [0.15, 0.2) is 7.28 Å². The monoisotopic (exact) mass is 136 g/mol. The van der Waals surface area contributed by atoms with Gasteiger partial charge < -0.3 is 5.11 Å². The van der Waals surface area contributed by atoms with Gasteiger partial charge in [-0.25, -0.2) is 0 Å². The molecule has 0 aliphatic rings. The fourth-order valence-electron chi connectivity index (χ4n) is 0.579. The Kier molecular flexibility index (Phi) is 4.47. The number of allylic oxidation sites excluding steroid dienone is 4. The fourth-order valence-corrected chi connectivity index (χ4v) is 0.579. The fraction of sp³-hybridized carbons (Fsp3) is 0.250. The lowest BCUT2D eigenvalue weighted by Gasteiger charge is -1.93. The number of hydrogen-bond acceptors (Lipinski definition) is 1. The molecule has 0 aromatic heterocycles. The van der Waals surface area contributed by atoms with E-state index in [9.17, 15) is 0 Å². The Labute approximate surface area is 63.0 Å². The Bertz CT molecular complexity index is 168. The molecule has 0 atom stereocenters. The van der Waals surface area contributed by atoms with E-state index in [0.717, 1.165) is 12.8 Å². The Morgan fingerprint density at radius 2 is 2.20 bits per heavy atom. The summed E-state index contributed by atoms with van der Waals surface area (Å²) in [7, 11) is 0.904. The van der Waals surface area contributed by atoms with Crippen LogP contribution in [-0.2, 0) is 0 Å². The Morgan fingerprint density at radius 1 is 1.60 bits per heavy atom. The summed E-state index contributed by atoms with van der Waals surface area (Å²) in [4.78, 5) is 0. The molecule has 0 aliphatic heterocycles. The summed E-state index contributed by atoms with van der Waals surface area (Å²) in [5.74, 6) is 0.303. The van der Waals surface area contributed by atoms with Gasteiger partial charge in [-0.2, -0.15) is 0 Å². The van der Waals surface area contributed by atoms with Crippen molar-refractivity contribution in [1.29, 1.82) is 0 Å². The highest BCUT2D eigenvalue weighted by Gasteiger charge is 1.89. The molecule has 0 fully saturated rings. The smallest absolute Gasteiger partial charge is 0.154 e. The molecular weight excluding hydrogens is 123 g/mol. The van der Waals surface area contributed by atoms with Gasteiger partial charge in [0.05, 0.1) is 0 Å². The predicted molar refractivity (Wildman–Crippen MR) is 47.7 cm³/mol. The molecule has 2 heteroatoms. The van der Waals surface area contributed by atoms with E-state index in [1.54, 1.807) is 25.2 Å². The zero-order chi connectivity index (χ0) is 7.98. The molecule has 0 bridgehead atoms. The van der Waals surface area contributed by atoms with Crippen molar-refractivity contribution in [3.05, 3.63) is 36.0 Å². The highest BCUT2D eigenvalue weighted by molar-refractivity contribution is 6.44. The second-order valence-corrected chi connectivity index (χ2v) is 1.99. The maximum absolute atomic E-state index is 9.03. The molecule has 1 nitrogen and oxygen atoms in total. The molecule has 0 aliphatic carbocycles. The first-order valence-corrected chi connectivity index (χ1v) is 3.42. The van der Waals surface area contributed by atoms with Gasteiger partial charge in [-0.3, -0.25) is 0 Å². The third-order valence-electron chi connectivity index (χ3n) is 1.30. The van der Waals surface area contributed by atoms with Crippen LogP contribution in [0.1, 0.15) is 6.92 Å². The molecule has 0 radical (unpaired) electrons. The maximum atomic E-state index is 9.03. The second kappa shape index (κ2) is 4.92. The first-order chi connectivity index (χ1) is 4.74. The molecule has 0 rings (SSSR count). The van der Waals surface area contributed by atoms with Gasteiger partial charge in [-0.15, -0.1) is 0 Å². The lowest BCUT2D eigenvalue weighted by atomic mass is 9.72. The first kappa shape index (κ1) is 9.08. The molecule has 0 amide bonds. The predicted octanol–water partition coefficient (Wildman–Crippen LogP) is 2.00. The molecule has 1 N–H and O–H groups in total. The third-order valence-corrected chi connectivity index (χ3v) is 1.30. The van der Waals surface area contributed by atoms with Crippen molar-refractivity contribution in [2.45, 2.75) is 13.7 Å². The van der Waals surface area contributed by atoms with Crippen LogP contribution in [0.4, 0.5) is 0 Å². The number of aliphatic hydroxyl groups is 1. The molecule has 0 aromatic carbocycles. The number of rotatable bonds is 3. The summed E-state index contributed by atoms with van der Waals surface area (Å²) in [6.45, 7) is 7.43. The summed E-state index contributed by atoms with van der Waals surface area (Å²) in [6, 6.07) is 0. The molecule has 0 saturated heterocycles. The quantitative estimate of drug-likeness (QED) is 0.357. The summed E-state index contributed by atoms with van der Waals surface area (Å²) in [6.07, 6.45) is 5.12. The first-order valence-electron chi connectivity index (χ1n) is 3.42. The van der Waals surface area contributed by atoms with E-state index >= 15 is 0 Å². The van der Waals surface area contributed by atoms with Crippen molar-refractivity contribution < 1.29 is 5.11 Å². The van der Waals surface area contributed by atoms with E-state index in [1.807, 2.05) is 6.82 Å². The van der Waals surface area contributed by atoms with Crippen molar-refractivity contribution in [2.24, 2.45) is 0 Å². The lowest BCUT2D eigenvalue weighted by Crippen LogP contribution is -1.87. The third kappa shape index (κ3) is 3.18. The van der Waals surface area contributed by atoms with Crippen LogP contribution >= 0.6 is 0 Å². The highest BCUT2D eigenvalue weighted by Crippen LogP contribution is 1.98. The molecule has 0 spiro atoms. The Hall–Kier alpha value is -0.915. The van der Waals surface area contributed by atoms with E-state index in [0.29, 0.717) is 5.76 Å². The van der Waals surface area contributed by atoms with E-state index in [-0.39, 0.29) is 0 Å². The lowest BCUT2D eigenvalue weighted by molar-refractivity contribution is 0.431. The number of aliphatic hydroxyl groups excluding tert-OH is 1. The summed E-state index contributed by atoms with van der Waals surface area (Å²) < 4.78 is 0. The summed E-state index contributed by atoms with van der Waals surface area (Å²) in [5.41, 5.74) is 1.05. The van der Waals surface area contributed by atoms with Crippen LogP contribution in [-0.4, -0.2) is 12.4 Å². The minimum atomic E-state index is 0.303. The standard InChI is InChI=1S/C8H13BO/c1-4-7(9-3)6-8(10)5-2/h4-6,9-10H,1H2,2-3H3/b7-6+,8-5+. The second-order valence-electron chi connectivity index (χ2n) is 1.99. The normalized spacial score (nSPS) is 13.0. The minimum absolute atomic E-state index is 0.303. The molecule has 0 aromatic rings. The van der Waals surface area contributed by atoms with E-state index in [2.05, 4.69) is 6.58 Å². The largest absolute Gasteiger partial charge is 0.508 e. The topological polar surface area (TPSA) is 20.2 Å². The van der Waals surface area contributed by atoms with E-state index in [1.165, 1.54) is 0 Å². The van der Waals surface area contributed by atoms with Crippen LogP contribution in [0.15, 0.2) is 36.0 Å². The van der Waals surface area contributed by atoms with Gasteiger partial charge in [0.1, 0.15) is 5.76 Å². The van der Waals surface area contributed by atoms with Crippen LogP contribution in [0, 0.1) is 0 Å². The minimum Gasteiger partial charge on any atom is -0.508 e. The SMILES string of the molecule is C=C/C(BC)=C\C(O)=C/C. The Balaban J connectivity index is 4.24. The summed E-state index contributed by atoms with van der Waals surface area (Å²) in [5, 5.41) is 9.03. The molecule has 0 saturated carbocycles. The highest BCUT2D eigenvalue weighted by atomic mass is 16.3. The van der Waals surface area contributed by atoms with Gasteiger partial charge in [0, 0.05) is 0 Å². The van der Waals surface area contributed by atoms with Gasteiger partial charge in [0.2, 0.25) is 0 Å². The molecular formula is C8H13BO. The molecule has 0 heterocycles. The Morgan fingerprint density at radius 3 is 2.50 bits per heavy atom. The van der Waals surface area contributed by atoms with Crippen molar-refractivity contribution in [3.8, 4) is 0 Å². The van der Waals surface area contributed by atoms with Gasteiger partial charge >= 0.3 is 0 Å². The molecule has 54 valence electrons. The van der Waals surface area contributed by atoms with E-state index in [4.69, 9.17) is 5.11 Å². The molecule has 10 heavy (non-hydrogen) atoms. The van der Waals surface area contributed by atoms with Crippen LogP contribution in [0.25, 0.3) is 0 Å². The van der Waals surface area contributed by atoms with E-state index < -0.39 is 0 Å². The molecule has 0 unspecified atom stereocenters. The zero-order valence-electron chi connectivity index (χ0n) is 6.59. The van der Waals surface area contributed by atoms with Crippen molar-refractivity contribution >= 4 is 7.28 Å². The average Bonchev–Trinajstić information content (AvgIpc) is 1.99. The maximum Gasteiger partial charge on any atom is 0.154 e. The average molecular weight is 136 g/mol.